The first-order valence-corrected chi connectivity index (χ1v) is 8.74. The second kappa shape index (κ2) is 6.26. The highest BCUT2D eigenvalue weighted by atomic mass is 32.2. The highest BCUT2D eigenvalue weighted by molar-refractivity contribution is 7.92. The van der Waals surface area contributed by atoms with Crippen LogP contribution >= 0.6 is 0 Å². The molecule has 1 heterocycles. The molecule has 1 atom stereocenters. The molecule has 0 aromatic heterocycles. The number of halogens is 1. The Morgan fingerprint density at radius 3 is 2.69 bits per heavy atom. The van der Waals surface area contributed by atoms with E-state index in [1.807, 2.05) is 0 Å². The number of nitrogens with one attached hydrogen (secondary N) is 2. The molecular formula is C15H12FN3O6S. The van der Waals surface area contributed by atoms with Gasteiger partial charge in [-0.2, -0.15) is 0 Å². The molecule has 0 spiro atoms. The van der Waals surface area contributed by atoms with Crippen LogP contribution in [0.3, 0.4) is 0 Å². The standard InChI is InChI=1S/C15H12FN3O6S/c1-8-15(20)17-11-7-10(3-4-13(11)25-8)18-26(23,24)14-5-2-9(16)6-12(14)19(21)22/h2-8,18H,1H3,(H,17,20)/t8-/m0/s1. The molecule has 0 bridgehead atoms. The van der Waals surface area contributed by atoms with Gasteiger partial charge < -0.3 is 10.1 Å². The van der Waals surface area contributed by atoms with Crippen LogP contribution in [-0.4, -0.2) is 25.4 Å². The number of ether oxygens (including phenoxy) is 1. The molecule has 0 aliphatic carbocycles. The molecule has 0 radical (unpaired) electrons. The Labute approximate surface area is 147 Å². The molecule has 0 unspecified atom stereocenters. The summed E-state index contributed by atoms with van der Waals surface area (Å²) >= 11 is 0. The quantitative estimate of drug-likeness (QED) is 0.618. The molecule has 0 fully saturated rings. The molecule has 2 N–H and O–H groups in total. The number of carbonyl (C=O) groups is 1. The van der Waals surface area contributed by atoms with Crippen molar-refractivity contribution in [3.63, 3.8) is 0 Å². The fourth-order valence-corrected chi connectivity index (χ4v) is 3.55. The summed E-state index contributed by atoms with van der Waals surface area (Å²) in [6.45, 7) is 1.56. The third-order valence-electron chi connectivity index (χ3n) is 3.57. The monoisotopic (exact) mass is 381 g/mol. The molecule has 1 amide bonds. The van der Waals surface area contributed by atoms with Crippen LogP contribution in [0, 0.1) is 15.9 Å². The number of fused-ring (bicyclic) bond motifs is 1. The van der Waals surface area contributed by atoms with Crippen molar-refractivity contribution in [1.29, 1.82) is 0 Å². The van der Waals surface area contributed by atoms with Crippen LogP contribution in [0.1, 0.15) is 6.92 Å². The summed E-state index contributed by atoms with van der Waals surface area (Å²) in [7, 11) is -4.37. The number of nitro benzene ring substituents is 1. The summed E-state index contributed by atoms with van der Waals surface area (Å²) < 4.78 is 45.7. The van der Waals surface area contributed by atoms with Gasteiger partial charge in [-0.1, -0.05) is 0 Å². The van der Waals surface area contributed by atoms with Crippen molar-refractivity contribution in [1.82, 2.24) is 0 Å². The Balaban J connectivity index is 1.95. The van der Waals surface area contributed by atoms with E-state index >= 15 is 0 Å². The first kappa shape index (κ1) is 17.6. The minimum Gasteiger partial charge on any atom is -0.479 e. The molecule has 0 saturated carbocycles. The topological polar surface area (TPSA) is 128 Å². The molecule has 3 rings (SSSR count). The zero-order valence-electron chi connectivity index (χ0n) is 13.2. The van der Waals surface area contributed by atoms with E-state index in [4.69, 9.17) is 4.74 Å². The van der Waals surface area contributed by atoms with E-state index in [2.05, 4.69) is 10.0 Å². The lowest BCUT2D eigenvalue weighted by Crippen LogP contribution is -2.34. The minimum atomic E-state index is -4.37. The number of benzene rings is 2. The Morgan fingerprint density at radius 1 is 1.27 bits per heavy atom. The lowest BCUT2D eigenvalue weighted by molar-refractivity contribution is -0.388. The Hall–Kier alpha value is -3.21. The normalized spacial score (nSPS) is 16.2. The maximum absolute atomic E-state index is 13.2. The Kier molecular flexibility index (Phi) is 4.24. The zero-order chi connectivity index (χ0) is 19.1. The molecule has 11 heteroatoms. The van der Waals surface area contributed by atoms with Crippen molar-refractivity contribution < 1.29 is 27.3 Å². The van der Waals surface area contributed by atoms with E-state index < -0.39 is 43.4 Å². The van der Waals surface area contributed by atoms with Crippen LogP contribution < -0.4 is 14.8 Å². The predicted molar refractivity (Wildman–Crippen MR) is 89.0 cm³/mol. The molecule has 2 aromatic rings. The highest BCUT2D eigenvalue weighted by Crippen LogP contribution is 2.33. The van der Waals surface area contributed by atoms with Crippen LogP contribution in [0.5, 0.6) is 5.75 Å². The largest absolute Gasteiger partial charge is 0.479 e. The molecule has 136 valence electrons. The van der Waals surface area contributed by atoms with Gasteiger partial charge >= 0.3 is 0 Å². The van der Waals surface area contributed by atoms with Crippen molar-refractivity contribution in [3.05, 3.63) is 52.3 Å². The average molecular weight is 381 g/mol. The molecule has 1 aliphatic heterocycles. The van der Waals surface area contributed by atoms with Crippen LogP contribution in [0.4, 0.5) is 21.5 Å². The molecule has 2 aromatic carbocycles. The zero-order valence-corrected chi connectivity index (χ0v) is 14.0. The van der Waals surface area contributed by atoms with E-state index in [1.165, 1.54) is 18.2 Å². The first-order valence-electron chi connectivity index (χ1n) is 7.26. The van der Waals surface area contributed by atoms with Crippen LogP contribution in [0.2, 0.25) is 0 Å². The van der Waals surface area contributed by atoms with Crippen molar-refractivity contribution >= 4 is 33.0 Å². The number of hydrogen-bond acceptors (Lipinski definition) is 6. The molecule has 0 saturated heterocycles. The van der Waals surface area contributed by atoms with Gasteiger partial charge in [0, 0.05) is 0 Å². The minimum absolute atomic E-state index is 0.0424. The summed E-state index contributed by atoms with van der Waals surface area (Å²) in [4.78, 5) is 21.0. The Morgan fingerprint density at radius 2 is 2.00 bits per heavy atom. The number of hydrogen-bond donors (Lipinski definition) is 2. The summed E-state index contributed by atoms with van der Waals surface area (Å²) in [6.07, 6.45) is -0.688. The number of sulfonamides is 1. The molecule has 1 aliphatic rings. The van der Waals surface area contributed by atoms with Gasteiger partial charge in [0.2, 0.25) is 0 Å². The third-order valence-corrected chi connectivity index (χ3v) is 5.00. The van der Waals surface area contributed by atoms with Crippen molar-refractivity contribution in [3.8, 4) is 5.75 Å². The second-order valence-corrected chi connectivity index (χ2v) is 7.09. The first-order chi connectivity index (χ1) is 12.2. The van der Waals surface area contributed by atoms with Gasteiger partial charge in [-0.25, -0.2) is 12.8 Å². The summed E-state index contributed by atoms with van der Waals surface area (Å²) in [5, 5.41) is 13.6. The van der Waals surface area contributed by atoms with Gasteiger partial charge in [0.15, 0.2) is 11.0 Å². The summed E-state index contributed by atoms with van der Waals surface area (Å²) in [6, 6.07) is 6.27. The van der Waals surface area contributed by atoms with Gasteiger partial charge in [-0.15, -0.1) is 0 Å². The fraction of sp³-hybridized carbons (Fsp3) is 0.133. The van der Waals surface area contributed by atoms with Gasteiger partial charge in [0.25, 0.3) is 21.6 Å². The van der Waals surface area contributed by atoms with Gasteiger partial charge in [-0.3, -0.25) is 19.6 Å². The summed E-state index contributed by atoms with van der Waals surface area (Å²) in [5.41, 5.74) is -0.594. The van der Waals surface area contributed by atoms with Gasteiger partial charge in [0.05, 0.1) is 22.4 Å². The predicted octanol–water partition coefficient (Wildman–Crippen LogP) is 2.25. The second-order valence-electron chi connectivity index (χ2n) is 5.43. The number of nitrogens with zero attached hydrogens (tertiary/aromatic N) is 1. The SMILES string of the molecule is C[C@@H]1Oc2ccc(NS(=O)(=O)c3ccc(F)cc3[N+](=O)[O-])cc2NC1=O. The highest BCUT2D eigenvalue weighted by Gasteiger charge is 2.28. The van der Waals surface area contributed by atoms with Crippen LogP contribution in [0.25, 0.3) is 0 Å². The fourth-order valence-electron chi connectivity index (χ4n) is 2.34. The number of anilines is 2. The van der Waals surface area contributed by atoms with Gasteiger partial charge in [-0.05, 0) is 37.3 Å². The average Bonchev–Trinajstić information content (AvgIpc) is 2.55. The lowest BCUT2D eigenvalue weighted by atomic mass is 10.2. The molecular weight excluding hydrogens is 369 g/mol. The third kappa shape index (κ3) is 3.28. The van der Waals surface area contributed by atoms with Crippen LogP contribution in [0.15, 0.2) is 41.3 Å². The van der Waals surface area contributed by atoms with Crippen molar-refractivity contribution in [2.24, 2.45) is 0 Å². The van der Waals surface area contributed by atoms with Gasteiger partial charge in [0.1, 0.15) is 11.6 Å². The van der Waals surface area contributed by atoms with Crippen LogP contribution in [-0.2, 0) is 14.8 Å². The van der Waals surface area contributed by atoms with E-state index in [0.717, 1.165) is 12.1 Å². The molecule has 9 nitrogen and oxygen atoms in total. The smallest absolute Gasteiger partial charge is 0.292 e. The van der Waals surface area contributed by atoms with Crippen molar-refractivity contribution in [2.45, 2.75) is 17.9 Å². The maximum atomic E-state index is 13.2. The number of nitro groups is 1. The van der Waals surface area contributed by atoms with E-state index in [9.17, 15) is 27.7 Å². The summed E-state index contributed by atoms with van der Waals surface area (Å²) in [5.74, 6) is -0.974. The maximum Gasteiger partial charge on any atom is 0.292 e. The van der Waals surface area contributed by atoms with E-state index in [0.29, 0.717) is 11.8 Å². The number of rotatable bonds is 4. The number of carbonyl (C=O) groups excluding carboxylic acids is 1. The van der Waals surface area contributed by atoms with E-state index in [1.54, 1.807) is 6.92 Å². The van der Waals surface area contributed by atoms with Crippen molar-refractivity contribution in [2.75, 3.05) is 10.0 Å². The molecule has 26 heavy (non-hydrogen) atoms. The lowest BCUT2D eigenvalue weighted by Gasteiger charge is -2.23. The number of amides is 1. The Bertz CT molecular complexity index is 1020. The van der Waals surface area contributed by atoms with E-state index in [-0.39, 0.29) is 11.4 Å².